The molecule has 1 rings (SSSR count). The van der Waals surface area contributed by atoms with Gasteiger partial charge in [-0.15, -0.1) is 11.6 Å². The first-order valence-corrected chi connectivity index (χ1v) is 6.88. The van der Waals surface area contributed by atoms with Crippen molar-refractivity contribution in [1.82, 2.24) is 4.90 Å². The van der Waals surface area contributed by atoms with Crippen molar-refractivity contribution in [3.8, 4) is 0 Å². The molecule has 1 heterocycles. The molecule has 112 valence electrons. The second-order valence-electron chi connectivity index (χ2n) is 5.16. The largest absolute Gasteiger partial charge is 0.479 e. The Kier molecular flexibility index (Phi) is 6.49. The molecule has 6 nitrogen and oxygen atoms in total. The van der Waals surface area contributed by atoms with Gasteiger partial charge in [0.25, 0.3) is 0 Å². The second kappa shape index (κ2) is 7.40. The van der Waals surface area contributed by atoms with Crippen molar-refractivity contribution < 1.29 is 19.7 Å². The molecule has 4 N–H and O–H groups in total. The van der Waals surface area contributed by atoms with Crippen molar-refractivity contribution >= 4 is 17.6 Å². The quantitative estimate of drug-likeness (QED) is 0.447. The molecule has 0 amide bonds. The van der Waals surface area contributed by atoms with Gasteiger partial charge >= 0.3 is 5.97 Å². The number of aliphatic hydroxyl groups excluding tert-OH is 1. The van der Waals surface area contributed by atoms with Gasteiger partial charge in [-0.2, -0.15) is 0 Å². The minimum Gasteiger partial charge on any atom is -0.479 e. The number of hydrogen-bond donors (Lipinski definition) is 3. The third kappa shape index (κ3) is 4.89. The van der Waals surface area contributed by atoms with Gasteiger partial charge in [-0.05, 0) is 19.4 Å². The van der Waals surface area contributed by atoms with Crippen LogP contribution in [-0.2, 0) is 9.53 Å². The minimum atomic E-state index is -1.45. The van der Waals surface area contributed by atoms with Crippen LogP contribution in [0.5, 0.6) is 0 Å². The molecule has 0 aromatic heterocycles. The van der Waals surface area contributed by atoms with E-state index in [1.807, 2.05) is 0 Å². The molecule has 0 aromatic carbocycles. The van der Waals surface area contributed by atoms with Crippen LogP contribution < -0.4 is 5.73 Å². The first kappa shape index (κ1) is 16.7. The predicted octanol–water partition coefficient (Wildman–Crippen LogP) is -0.131. The van der Waals surface area contributed by atoms with Crippen LogP contribution in [0.1, 0.15) is 19.3 Å². The summed E-state index contributed by atoms with van der Waals surface area (Å²) in [5.41, 5.74) is 5.33. The van der Waals surface area contributed by atoms with E-state index in [4.69, 9.17) is 27.2 Å². The molecule has 3 atom stereocenters. The van der Waals surface area contributed by atoms with Crippen LogP contribution in [0.4, 0.5) is 0 Å². The maximum Gasteiger partial charge on any atom is 0.332 e. The van der Waals surface area contributed by atoms with Crippen molar-refractivity contribution in [3.63, 3.8) is 0 Å². The minimum absolute atomic E-state index is 0.0115. The topological polar surface area (TPSA) is 96.0 Å². The van der Waals surface area contributed by atoms with E-state index >= 15 is 0 Å². The van der Waals surface area contributed by atoms with Gasteiger partial charge in [0, 0.05) is 38.8 Å². The molecular weight excluding hydrogens is 272 g/mol. The summed E-state index contributed by atoms with van der Waals surface area (Å²) in [6.07, 6.45) is 0.0439. The lowest BCUT2D eigenvalue weighted by atomic mass is 9.83. The number of nitrogens with zero attached hydrogens (tertiary/aromatic N) is 1. The monoisotopic (exact) mass is 294 g/mol. The fourth-order valence-corrected chi connectivity index (χ4v) is 2.73. The molecule has 2 unspecified atom stereocenters. The first-order valence-electron chi connectivity index (χ1n) is 6.44. The number of aliphatic carboxylic acids is 1. The van der Waals surface area contributed by atoms with Crippen LogP contribution in [-0.4, -0.2) is 71.5 Å². The van der Waals surface area contributed by atoms with Crippen molar-refractivity contribution in [3.05, 3.63) is 0 Å². The predicted molar refractivity (Wildman–Crippen MR) is 72.4 cm³/mol. The average molecular weight is 295 g/mol. The zero-order valence-corrected chi connectivity index (χ0v) is 12.0. The summed E-state index contributed by atoms with van der Waals surface area (Å²) in [5.74, 6) is -1.25. The number of likely N-dealkylation sites (tertiary alicyclic amines) is 1. The number of alkyl halides is 1. The highest BCUT2D eigenvalue weighted by Crippen LogP contribution is 2.29. The molecule has 0 radical (unpaired) electrons. The number of carbonyl (C=O) groups is 1. The van der Waals surface area contributed by atoms with Crippen LogP contribution in [0, 0.1) is 0 Å². The number of piperidine rings is 1. The number of halogens is 1. The van der Waals surface area contributed by atoms with Crippen molar-refractivity contribution in [1.29, 1.82) is 0 Å². The third-order valence-corrected chi connectivity index (χ3v) is 4.19. The number of hydrogen-bond acceptors (Lipinski definition) is 5. The van der Waals surface area contributed by atoms with Gasteiger partial charge in [0.2, 0.25) is 0 Å². The molecule has 1 aliphatic heterocycles. The Morgan fingerprint density at radius 2 is 2.37 bits per heavy atom. The number of carboxylic acid groups (broad SMARTS) is 1. The van der Waals surface area contributed by atoms with E-state index in [1.165, 1.54) is 0 Å². The van der Waals surface area contributed by atoms with E-state index in [9.17, 15) is 9.90 Å². The Labute approximate surface area is 118 Å². The molecular formula is C12H23ClN2O4. The molecule has 19 heavy (non-hydrogen) atoms. The highest BCUT2D eigenvalue weighted by Gasteiger charge is 2.41. The third-order valence-electron chi connectivity index (χ3n) is 3.62. The molecule has 0 aliphatic carbocycles. The van der Waals surface area contributed by atoms with Gasteiger partial charge in [0.1, 0.15) is 0 Å². The van der Waals surface area contributed by atoms with Gasteiger partial charge in [0.05, 0.1) is 5.38 Å². The van der Waals surface area contributed by atoms with Gasteiger partial charge < -0.3 is 25.6 Å². The summed E-state index contributed by atoms with van der Waals surface area (Å²) >= 11 is 6.28. The zero-order chi connectivity index (χ0) is 14.5. The summed E-state index contributed by atoms with van der Waals surface area (Å²) < 4.78 is 5.00. The Balaban J connectivity index is 2.46. The highest BCUT2D eigenvalue weighted by atomic mass is 35.5. The normalized spacial score (nSPS) is 30.2. The van der Waals surface area contributed by atoms with Crippen LogP contribution in [0.15, 0.2) is 0 Å². The van der Waals surface area contributed by atoms with E-state index in [0.717, 1.165) is 19.5 Å². The second-order valence-corrected chi connectivity index (χ2v) is 5.68. The molecule has 7 heteroatoms. The number of methoxy groups -OCH3 is 1. The standard InChI is InChI=1S/C12H23ClN2O4/c1-19-6-2-4-15-5-3-12(14,10(13)8-15)7-9(16)11(17)18/h9-10,16H,2-8,14H2,1H3,(H,17,18)/t9-,10?,12?/m0/s1. The van der Waals surface area contributed by atoms with Crippen LogP contribution >= 0.6 is 11.6 Å². The molecule has 0 bridgehead atoms. The molecule has 0 spiro atoms. The summed E-state index contributed by atoms with van der Waals surface area (Å²) in [4.78, 5) is 12.9. The number of rotatable bonds is 7. The van der Waals surface area contributed by atoms with Crippen molar-refractivity contribution in [2.45, 2.75) is 36.3 Å². The zero-order valence-electron chi connectivity index (χ0n) is 11.2. The molecule has 1 saturated heterocycles. The number of aliphatic hydroxyl groups is 1. The summed E-state index contributed by atoms with van der Waals surface area (Å²) in [6.45, 7) is 2.95. The summed E-state index contributed by atoms with van der Waals surface area (Å²) in [5, 5.41) is 17.8. The lowest BCUT2D eigenvalue weighted by Crippen LogP contribution is -2.60. The van der Waals surface area contributed by atoms with Gasteiger partial charge in [-0.25, -0.2) is 4.79 Å². The Hall–Kier alpha value is -0.400. The van der Waals surface area contributed by atoms with E-state index in [2.05, 4.69) is 4.90 Å². The Bertz CT molecular complexity index is 305. The number of ether oxygens (including phenoxy) is 1. The molecule has 0 saturated carbocycles. The van der Waals surface area contributed by atoms with Gasteiger partial charge in [0.15, 0.2) is 6.10 Å². The summed E-state index contributed by atoms with van der Waals surface area (Å²) in [7, 11) is 1.67. The van der Waals surface area contributed by atoms with E-state index in [0.29, 0.717) is 19.6 Å². The fourth-order valence-electron chi connectivity index (χ4n) is 2.34. The molecule has 1 aliphatic rings. The fraction of sp³-hybridized carbons (Fsp3) is 0.917. The van der Waals surface area contributed by atoms with Gasteiger partial charge in [-0.1, -0.05) is 0 Å². The maximum absolute atomic E-state index is 10.7. The first-order chi connectivity index (χ1) is 8.89. The number of nitrogens with two attached hydrogens (primary N) is 1. The summed E-state index contributed by atoms with van der Waals surface area (Å²) in [6, 6.07) is 0. The van der Waals surface area contributed by atoms with Crippen LogP contribution in [0.2, 0.25) is 0 Å². The lowest BCUT2D eigenvalue weighted by Gasteiger charge is -2.43. The highest BCUT2D eigenvalue weighted by molar-refractivity contribution is 6.21. The Morgan fingerprint density at radius 3 is 2.89 bits per heavy atom. The average Bonchev–Trinajstić information content (AvgIpc) is 2.34. The molecule has 1 fully saturated rings. The van der Waals surface area contributed by atoms with Crippen molar-refractivity contribution in [2.75, 3.05) is 33.4 Å². The number of carboxylic acids is 1. The van der Waals surface area contributed by atoms with E-state index < -0.39 is 17.6 Å². The SMILES string of the molecule is COCCCN1CCC(N)(C[C@H](O)C(=O)O)C(Cl)C1. The Morgan fingerprint density at radius 1 is 1.68 bits per heavy atom. The van der Waals surface area contributed by atoms with Crippen LogP contribution in [0.3, 0.4) is 0 Å². The maximum atomic E-state index is 10.7. The smallest absolute Gasteiger partial charge is 0.332 e. The van der Waals surface area contributed by atoms with E-state index in [-0.39, 0.29) is 11.8 Å². The van der Waals surface area contributed by atoms with Gasteiger partial charge in [-0.3, -0.25) is 0 Å². The molecule has 0 aromatic rings. The lowest BCUT2D eigenvalue weighted by molar-refractivity contribution is -0.148. The van der Waals surface area contributed by atoms with Crippen molar-refractivity contribution in [2.24, 2.45) is 5.73 Å². The van der Waals surface area contributed by atoms with Crippen LogP contribution in [0.25, 0.3) is 0 Å². The van der Waals surface area contributed by atoms with E-state index in [1.54, 1.807) is 7.11 Å².